The molecule has 3 aliphatic rings. The van der Waals surface area contributed by atoms with Crippen LogP contribution < -0.4 is 11.1 Å². The van der Waals surface area contributed by atoms with Gasteiger partial charge >= 0.3 is 16.4 Å². The number of carbonyl (C=O) groups excluding carboxylic acids is 2. The number of fused-ring (bicyclic) bond motifs is 2. The van der Waals surface area contributed by atoms with E-state index in [9.17, 15) is 18.0 Å². The molecule has 26 heavy (non-hydrogen) atoms. The third-order valence-electron chi connectivity index (χ3n) is 4.88. The molecular weight excluding hydrogens is 370 g/mol. The first-order valence-corrected chi connectivity index (χ1v) is 9.40. The third-order valence-corrected chi connectivity index (χ3v) is 5.23. The minimum atomic E-state index is -4.89. The smallest absolute Gasteiger partial charge is 0.365 e. The number of nitrogens with one attached hydrogen (secondary N) is 1. The van der Waals surface area contributed by atoms with Crippen molar-refractivity contribution in [3.8, 4) is 6.07 Å². The van der Waals surface area contributed by atoms with Crippen molar-refractivity contribution in [3.63, 3.8) is 0 Å². The highest BCUT2D eigenvalue weighted by Crippen LogP contribution is 2.38. The maximum atomic E-state index is 12.5. The zero-order valence-electron chi connectivity index (χ0n) is 13.7. The summed E-state index contributed by atoms with van der Waals surface area (Å²) in [6.07, 6.45) is 1.56. The van der Waals surface area contributed by atoms with Gasteiger partial charge in [-0.3, -0.25) is 19.6 Å². The van der Waals surface area contributed by atoms with Gasteiger partial charge in [0.2, 0.25) is 5.72 Å². The predicted octanol–water partition coefficient (Wildman–Crippen LogP) is -1.54. The molecule has 144 valence electrons. The van der Waals surface area contributed by atoms with Crippen LogP contribution >= 0.6 is 0 Å². The third kappa shape index (κ3) is 3.33. The van der Waals surface area contributed by atoms with E-state index in [1.54, 1.807) is 0 Å². The molecule has 0 spiro atoms. The normalized spacial score (nSPS) is 34.2. The monoisotopic (exact) mass is 389 g/mol. The lowest BCUT2D eigenvalue weighted by Crippen LogP contribution is -2.62. The molecule has 0 aromatic rings. The molecule has 3 saturated heterocycles. The van der Waals surface area contributed by atoms with Crippen LogP contribution in [-0.4, -0.2) is 71.9 Å². The van der Waals surface area contributed by atoms with Crippen molar-refractivity contribution in [2.75, 3.05) is 13.2 Å². The molecule has 2 bridgehead atoms. The minimum absolute atomic E-state index is 0.0315. The topological polar surface area (TPSA) is 175 Å². The van der Waals surface area contributed by atoms with Crippen LogP contribution in [0, 0.1) is 11.3 Å². The number of nitriles is 1. The molecule has 3 aliphatic heterocycles. The van der Waals surface area contributed by atoms with Gasteiger partial charge in [0.25, 0.3) is 5.91 Å². The summed E-state index contributed by atoms with van der Waals surface area (Å²) in [7, 11) is -4.89. The molecule has 0 saturated carbocycles. The van der Waals surface area contributed by atoms with E-state index in [0.29, 0.717) is 17.9 Å². The number of rotatable bonds is 6. The summed E-state index contributed by atoms with van der Waals surface area (Å²) in [6.45, 7) is 0.0188. The van der Waals surface area contributed by atoms with Crippen LogP contribution in [0.1, 0.15) is 25.7 Å². The Morgan fingerprint density at radius 1 is 1.46 bits per heavy atom. The Bertz CT molecular complexity index is 752. The Labute approximate surface area is 149 Å². The molecule has 13 heteroatoms. The standard InChI is InChI=1S/C13H19N5O7S/c14-5-8-1-2-9(16-8)7-24-13(11(15)19)4-3-10-6-17(13)12(20)18(10)25-26(21,22)23/h8-10,16H,1-4,6-7H2,(H2,15,19)(H,21,22,23). The number of hydrogen-bond donors (Lipinski definition) is 3. The molecule has 4 N–H and O–H groups in total. The Balaban J connectivity index is 1.75. The lowest BCUT2D eigenvalue weighted by molar-refractivity contribution is -0.175. The lowest BCUT2D eigenvalue weighted by atomic mass is 9.96. The molecule has 0 radical (unpaired) electrons. The van der Waals surface area contributed by atoms with E-state index in [1.807, 2.05) is 0 Å². The summed E-state index contributed by atoms with van der Waals surface area (Å²) in [5.74, 6) is -0.882. The molecule has 4 atom stereocenters. The van der Waals surface area contributed by atoms with Crippen LogP contribution in [-0.2, 0) is 24.2 Å². The van der Waals surface area contributed by atoms with Gasteiger partial charge in [-0.25, -0.2) is 4.79 Å². The molecule has 12 nitrogen and oxygen atoms in total. The highest BCUT2D eigenvalue weighted by molar-refractivity contribution is 7.80. The number of urea groups is 1. The van der Waals surface area contributed by atoms with Crippen LogP contribution in [0.2, 0.25) is 0 Å². The molecule has 3 fully saturated rings. The van der Waals surface area contributed by atoms with Crippen LogP contribution in [0.5, 0.6) is 0 Å². The van der Waals surface area contributed by atoms with Crippen LogP contribution in [0.25, 0.3) is 0 Å². The highest BCUT2D eigenvalue weighted by atomic mass is 32.3. The maximum absolute atomic E-state index is 12.5. The summed E-state index contributed by atoms with van der Waals surface area (Å²) in [5.41, 5.74) is 3.76. The summed E-state index contributed by atoms with van der Waals surface area (Å²) in [5, 5.41) is 12.5. The highest BCUT2D eigenvalue weighted by Gasteiger charge is 2.58. The quantitative estimate of drug-likeness (QED) is 0.455. The average Bonchev–Trinajstić information content (AvgIpc) is 3.12. The first-order chi connectivity index (χ1) is 12.2. The van der Waals surface area contributed by atoms with Gasteiger partial charge in [-0.2, -0.15) is 18.7 Å². The van der Waals surface area contributed by atoms with E-state index in [2.05, 4.69) is 15.7 Å². The first-order valence-electron chi connectivity index (χ1n) is 8.03. The summed E-state index contributed by atoms with van der Waals surface area (Å²) >= 11 is 0. The molecule has 0 aliphatic carbocycles. The number of ether oxygens (including phenoxy) is 1. The van der Waals surface area contributed by atoms with Gasteiger partial charge in [0.15, 0.2) is 0 Å². The fourth-order valence-electron chi connectivity index (χ4n) is 3.61. The van der Waals surface area contributed by atoms with Gasteiger partial charge in [-0.1, -0.05) is 0 Å². The molecule has 0 aromatic carbocycles. The number of nitrogens with zero attached hydrogens (tertiary/aromatic N) is 3. The zero-order valence-corrected chi connectivity index (χ0v) is 14.5. The fraction of sp³-hybridized carbons (Fsp3) is 0.769. The Kier molecular flexibility index (Phi) is 4.80. The van der Waals surface area contributed by atoms with Gasteiger partial charge in [-0.05, 0) is 19.3 Å². The second kappa shape index (κ2) is 6.63. The van der Waals surface area contributed by atoms with E-state index in [4.69, 9.17) is 20.3 Å². The van der Waals surface area contributed by atoms with Crippen LogP contribution in [0.15, 0.2) is 0 Å². The van der Waals surface area contributed by atoms with Crippen molar-refractivity contribution < 1.29 is 31.6 Å². The second-order valence-electron chi connectivity index (χ2n) is 6.50. The number of hydroxylamine groups is 2. The zero-order chi connectivity index (χ0) is 19.1. The lowest BCUT2D eigenvalue weighted by Gasteiger charge is -2.40. The Hall–Kier alpha value is -1.98. The number of nitrogens with two attached hydrogens (primary N) is 1. The molecular formula is C13H19N5O7S. The van der Waals surface area contributed by atoms with Crippen molar-refractivity contribution in [2.24, 2.45) is 5.73 Å². The van der Waals surface area contributed by atoms with Crippen molar-refractivity contribution in [3.05, 3.63) is 0 Å². The van der Waals surface area contributed by atoms with E-state index in [0.717, 1.165) is 4.90 Å². The molecule has 4 unspecified atom stereocenters. The van der Waals surface area contributed by atoms with Gasteiger partial charge in [-0.15, -0.1) is 4.28 Å². The van der Waals surface area contributed by atoms with Crippen molar-refractivity contribution >= 4 is 22.3 Å². The molecule has 3 heterocycles. The van der Waals surface area contributed by atoms with Crippen molar-refractivity contribution in [1.82, 2.24) is 15.3 Å². The SMILES string of the molecule is N#CC1CCC(COC2(C(N)=O)CCC3CN2C(=O)N3OS(=O)(=O)O)N1. The van der Waals surface area contributed by atoms with Crippen LogP contribution in [0.4, 0.5) is 4.79 Å². The summed E-state index contributed by atoms with van der Waals surface area (Å²) in [6, 6.07) is 0.0420. The van der Waals surface area contributed by atoms with Gasteiger partial charge < -0.3 is 10.5 Å². The first kappa shape index (κ1) is 18.8. The van der Waals surface area contributed by atoms with Gasteiger partial charge in [0, 0.05) is 19.0 Å². The van der Waals surface area contributed by atoms with Gasteiger partial charge in [0.05, 0.1) is 24.8 Å². The van der Waals surface area contributed by atoms with E-state index < -0.39 is 34.1 Å². The molecule has 3 rings (SSSR count). The van der Waals surface area contributed by atoms with Crippen molar-refractivity contribution in [1.29, 1.82) is 5.26 Å². The van der Waals surface area contributed by atoms with Crippen molar-refractivity contribution in [2.45, 2.75) is 49.5 Å². The average molecular weight is 389 g/mol. The maximum Gasteiger partial charge on any atom is 0.418 e. The Morgan fingerprint density at radius 3 is 2.77 bits per heavy atom. The van der Waals surface area contributed by atoms with Crippen LogP contribution in [0.3, 0.4) is 0 Å². The Morgan fingerprint density at radius 2 is 2.19 bits per heavy atom. The molecule has 3 amide bonds. The summed E-state index contributed by atoms with van der Waals surface area (Å²) in [4.78, 5) is 25.6. The second-order valence-corrected chi connectivity index (χ2v) is 7.50. The minimum Gasteiger partial charge on any atom is -0.365 e. The van der Waals surface area contributed by atoms with E-state index >= 15 is 0 Å². The molecule has 0 aromatic heterocycles. The largest absolute Gasteiger partial charge is 0.418 e. The number of carbonyl (C=O) groups is 2. The number of hydrogen-bond acceptors (Lipinski definition) is 8. The number of primary amides is 1. The van der Waals surface area contributed by atoms with E-state index in [1.165, 1.54) is 0 Å². The number of piperidine rings is 1. The van der Waals surface area contributed by atoms with E-state index in [-0.39, 0.29) is 38.1 Å². The van der Waals surface area contributed by atoms with Gasteiger partial charge in [0.1, 0.15) is 0 Å². The predicted molar refractivity (Wildman–Crippen MR) is 83.0 cm³/mol. The number of amides is 3. The fourth-order valence-corrected chi connectivity index (χ4v) is 4.00. The summed E-state index contributed by atoms with van der Waals surface area (Å²) < 4.78 is 40.8.